The fourth-order valence-corrected chi connectivity index (χ4v) is 2.20. The molecule has 0 fully saturated rings. The average Bonchev–Trinajstić information content (AvgIpc) is 2.32. The van der Waals surface area contributed by atoms with Gasteiger partial charge in [0.15, 0.2) is 5.16 Å². The summed E-state index contributed by atoms with van der Waals surface area (Å²) >= 11 is 0.953. The van der Waals surface area contributed by atoms with Gasteiger partial charge < -0.3 is 5.73 Å². The number of nitrogens with one attached hydrogen (secondary N) is 1. The zero-order valence-corrected chi connectivity index (χ0v) is 10.8. The lowest BCUT2D eigenvalue weighted by molar-refractivity contribution is 0.565. The number of nitrogens with two attached hydrogens (primary N) is 1. The highest BCUT2D eigenvalue weighted by molar-refractivity contribution is 7.99. The molecular weight excluding hydrogens is 270 g/mol. The van der Waals surface area contributed by atoms with Crippen LogP contribution in [0.3, 0.4) is 0 Å². The van der Waals surface area contributed by atoms with Crippen molar-refractivity contribution in [2.75, 3.05) is 0 Å². The van der Waals surface area contributed by atoms with Crippen LogP contribution in [0.1, 0.15) is 11.4 Å². The van der Waals surface area contributed by atoms with Crippen molar-refractivity contribution in [2.45, 2.75) is 17.0 Å². The molecule has 2 aromatic rings. The number of halogens is 2. The second-order valence-electron chi connectivity index (χ2n) is 3.77. The Bertz CT molecular complexity index is 646. The maximum Gasteiger partial charge on any atom is 0.193 e. The topological polar surface area (TPSA) is 75.7 Å². The van der Waals surface area contributed by atoms with Gasteiger partial charge in [-0.1, -0.05) is 0 Å². The molecule has 0 atom stereocenters. The van der Waals surface area contributed by atoms with E-state index >= 15 is 0 Å². The van der Waals surface area contributed by atoms with Crippen LogP contribution in [-0.2, 0) is 0 Å². The van der Waals surface area contributed by atoms with Gasteiger partial charge in [-0.3, -0.25) is 5.41 Å². The van der Waals surface area contributed by atoms with Crippen LogP contribution in [0.2, 0.25) is 0 Å². The lowest BCUT2D eigenvalue weighted by Gasteiger charge is -2.05. The first-order chi connectivity index (χ1) is 8.95. The highest BCUT2D eigenvalue weighted by Gasteiger charge is 2.10. The summed E-state index contributed by atoms with van der Waals surface area (Å²) in [4.78, 5) is 8.36. The molecule has 0 spiro atoms. The van der Waals surface area contributed by atoms with Gasteiger partial charge in [-0.05, 0) is 36.9 Å². The van der Waals surface area contributed by atoms with Crippen LogP contribution in [0, 0.1) is 24.0 Å². The van der Waals surface area contributed by atoms with Gasteiger partial charge in [0.1, 0.15) is 23.2 Å². The van der Waals surface area contributed by atoms with Crippen LogP contribution in [0.15, 0.2) is 34.3 Å². The fourth-order valence-electron chi connectivity index (χ4n) is 1.38. The van der Waals surface area contributed by atoms with Crippen LogP contribution in [0.25, 0.3) is 0 Å². The normalized spacial score (nSPS) is 10.5. The minimum absolute atomic E-state index is 0.188. The molecule has 0 aliphatic carbocycles. The summed E-state index contributed by atoms with van der Waals surface area (Å²) in [7, 11) is 0. The first-order valence-electron chi connectivity index (χ1n) is 5.28. The molecule has 98 valence electrons. The third-order valence-corrected chi connectivity index (χ3v) is 3.12. The van der Waals surface area contributed by atoms with E-state index in [0.29, 0.717) is 5.69 Å². The van der Waals surface area contributed by atoms with Crippen molar-refractivity contribution in [3.63, 3.8) is 0 Å². The Balaban J connectivity index is 2.35. The molecule has 0 unspecified atom stereocenters. The van der Waals surface area contributed by atoms with Gasteiger partial charge in [-0.15, -0.1) is 0 Å². The van der Waals surface area contributed by atoms with Gasteiger partial charge in [-0.25, -0.2) is 18.7 Å². The largest absolute Gasteiger partial charge is 0.382 e. The number of nitrogens with zero attached hydrogens (tertiary/aromatic N) is 2. The van der Waals surface area contributed by atoms with Crippen LogP contribution >= 0.6 is 11.8 Å². The Hall–Kier alpha value is -2.02. The summed E-state index contributed by atoms with van der Waals surface area (Å²) in [5, 5.41) is 7.59. The summed E-state index contributed by atoms with van der Waals surface area (Å²) in [6.45, 7) is 1.72. The van der Waals surface area contributed by atoms with Crippen molar-refractivity contribution in [3.05, 3.63) is 47.3 Å². The first-order valence-corrected chi connectivity index (χ1v) is 6.10. The Morgan fingerprint density at radius 2 is 2.00 bits per heavy atom. The van der Waals surface area contributed by atoms with Gasteiger partial charge in [-0.2, -0.15) is 0 Å². The Labute approximate surface area is 112 Å². The SMILES string of the molecule is Cc1cc(C(=N)N)nc(Sc2ccc(F)cc2F)n1. The molecule has 0 saturated heterocycles. The standard InChI is InChI=1S/C12H10F2N4S/c1-6-4-9(11(15)16)18-12(17-6)19-10-3-2-7(13)5-8(10)14/h2-5H,1H3,(H3,15,16). The summed E-state index contributed by atoms with van der Waals surface area (Å²) in [6.07, 6.45) is 0. The van der Waals surface area contributed by atoms with Gasteiger partial charge in [0, 0.05) is 11.8 Å². The zero-order chi connectivity index (χ0) is 14.0. The third kappa shape index (κ3) is 3.25. The number of amidine groups is 1. The second kappa shape index (κ2) is 5.31. The van der Waals surface area contributed by atoms with Gasteiger partial charge in [0.05, 0.1) is 4.90 Å². The summed E-state index contributed by atoms with van der Waals surface area (Å²) < 4.78 is 26.3. The highest BCUT2D eigenvalue weighted by atomic mass is 32.2. The molecule has 2 rings (SSSR count). The average molecular weight is 280 g/mol. The first kappa shape index (κ1) is 13.4. The molecule has 1 heterocycles. The number of benzene rings is 1. The van der Waals surface area contributed by atoms with Crippen LogP contribution in [0.5, 0.6) is 0 Å². The molecule has 7 heteroatoms. The molecule has 1 aromatic heterocycles. The predicted molar refractivity (Wildman–Crippen MR) is 68.3 cm³/mol. The Morgan fingerprint density at radius 3 is 2.63 bits per heavy atom. The van der Waals surface area contributed by atoms with Crippen molar-refractivity contribution in [1.29, 1.82) is 5.41 Å². The second-order valence-corrected chi connectivity index (χ2v) is 4.78. The molecule has 1 aromatic carbocycles. The van der Waals surface area contributed by atoms with Crippen molar-refractivity contribution < 1.29 is 8.78 Å². The van der Waals surface area contributed by atoms with Gasteiger partial charge in [0.2, 0.25) is 0 Å². The molecule has 0 radical (unpaired) electrons. The number of rotatable bonds is 3. The number of aryl methyl sites for hydroxylation is 1. The number of hydrogen-bond donors (Lipinski definition) is 2. The van der Waals surface area contributed by atoms with E-state index in [1.165, 1.54) is 6.07 Å². The minimum atomic E-state index is -0.681. The van der Waals surface area contributed by atoms with Crippen LogP contribution in [-0.4, -0.2) is 15.8 Å². The lowest BCUT2D eigenvalue weighted by Crippen LogP contribution is -2.14. The van der Waals surface area contributed by atoms with Crippen molar-refractivity contribution in [2.24, 2.45) is 5.73 Å². The van der Waals surface area contributed by atoms with E-state index in [-0.39, 0.29) is 21.6 Å². The third-order valence-electron chi connectivity index (χ3n) is 2.20. The van der Waals surface area contributed by atoms with Crippen molar-refractivity contribution in [1.82, 2.24) is 9.97 Å². The maximum absolute atomic E-state index is 13.5. The molecule has 0 bridgehead atoms. The molecule has 0 aliphatic heterocycles. The van der Waals surface area contributed by atoms with E-state index < -0.39 is 11.6 Å². The molecular formula is C12H10F2N4S. The zero-order valence-electron chi connectivity index (χ0n) is 9.95. The summed E-state index contributed by atoms with van der Waals surface area (Å²) in [5.41, 5.74) is 6.25. The van der Waals surface area contributed by atoms with E-state index in [4.69, 9.17) is 11.1 Å². The Kier molecular flexibility index (Phi) is 3.75. The monoisotopic (exact) mass is 280 g/mol. The molecule has 0 saturated carbocycles. The van der Waals surface area contributed by atoms with Crippen LogP contribution in [0.4, 0.5) is 8.78 Å². The highest BCUT2D eigenvalue weighted by Crippen LogP contribution is 2.27. The molecule has 0 aliphatic rings. The molecule has 3 N–H and O–H groups in total. The van der Waals surface area contributed by atoms with Gasteiger partial charge >= 0.3 is 0 Å². The Morgan fingerprint density at radius 1 is 1.26 bits per heavy atom. The van der Waals surface area contributed by atoms with E-state index in [1.807, 2.05) is 0 Å². The van der Waals surface area contributed by atoms with E-state index in [2.05, 4.69) is 9.97 Å². The predicted octanol–water partition coefficient (Wildman–Crippen LogP) is 2.50. The number of aromatic nitrogens is 2. The van der Waals surface area contributed by atoms with Crippen molar-refractivity contribution in [3.8, 4) is 0 Å². The number of hydrogen-bond acceptors (Lipinski definition) is 4. The number of nitrogen functional groups attached to an aromatic ring is 1. The smallest absolute Gasteiger partial charge is 0.193 e. The molecule has 4 nitrogen and oxygen atoms in total. The molecule has 0 amide bonds. The molecule has 19 heavy (non-hydrogen) atoms. The summed E-state index contributed by atoms with van der Waals surface area (Å²) in [6, 6.07) is 4.83. The lowest BCUT2D eigenvalue weighted by atomic mass is 10.3. The minimum Gasteiger partial charge on any atom is -0.382 e. The fraction of sp³-hybridized carbons (Fsp3) is 0.0833. The van der Waals surface area contributed by atoms with Crippen molar-refractivity contribution >= 4 is 17.6 Å². The van der Waals surface area contributed by atoms with E-state index in [9.17, 15) is 8.78 Å². The maximum atomic E-state index is 13.5. The summed E-state index contributed by atoms with van der Waals surface area (Å²) in [5.74, 6) is -1.51. The van der Waals surface area contributed by atoms with E-state index in [0.717, 1.165) is 23.9 Å². The van der Waals surface area contributed by atoms with E-state index in [1.54, 1.807) is 13.0 Å². The van der Waals surface area contributed by atoms with Crippen LogP contribution < -0.4 is 5.73 Å². The van der Waals surface area contributed by atoms with Gasteiger partial charge in [0.25, 0.3) is 0 Å². The quantitative estimate of drug-likeness (QED) is 0.514.